The Morgan fingerprint density at radius 1 is 1.14 bits per heavy atom. The molecule has 2 aliphatic heterocycles. The third-order valence-electron chi connectivity index (χ3n) is 8.36. The molecule has 44 heavy (non-hydrogen) atoms. The van der Waals surface area contributed by atoms with Gasteiger partial charge in [-0.15, -0.1) is 10.2 Å². The summed E-state index contributed by atoms with van der Waals surface area (Å²) in [6, 6.07) is 7.31. The number of fused-ring (bicyclic) bond motifs is 1. The Balaban J connectivity index is 1.43. The van der Waals surface area contributed by atoms with Crippen LogP contribution in [0.25, 0.3) is 11.2 Å². The molecule has 15 heteroatoms. The van der Waals surface area contributed by atoms with Gasteiger partial charge in [-0.05, 0) is 48.1 Å². The monoisotopic (exact) mass is 640 g/mol. The summed E-state index contributed by atoms with van der Waals surface area (Å²) in [5.41, 5.74) is -2.82. The second-order valence-electron chi connectivity index (χ2n) is 11.7. The van der Waals surface area contributed by atoms with Crippen LogP contribution in [0.1, 0.15) is 47.5 Å². The lowest BCUT2D eigenvalue weighted by atomic mass is 9.75. The topological polar surface area (TPSA) is 69.6 Å². The molecular formula is C29H30F6N6O2S. The highest BCUT2D eigenvalue weighted by Crippen LogP contribution is 2.47. The summed E-state index contributed by atoms with van der Waals surface area (Å²) in [7, 11) is 1.81. The molecule has 6 rings (SSSR count). The lowest BCUT2D eigenvalue weighted by molar-refractivity contribution is -0.138. The van der Waals surface area contributed by atoms with Crippen molar-refractivity contribution >= 4 is 17.5 Å². The number of aromatic nitrogens is 5. The SMILES string of the molecule is C[C@H]1CCCN(SC(c2cc(C(F)(F)F)c3cn(-c4cccc(C5(Cc6nncn6C)COC5)c4)c(=O)n3c2)C(F)(F)F)C1. The smallest absolute Gasteiger partial charge is 0.379 e. The minimum Gasteiger partial charge on any atom is -0.379 e. The molecule has 4 aromatic rings. The number of aryl methyl sites for hydroxylation is 1. The minimum absolute atomic E-state index is 0.164. The first-order chi connectivity index (χ1) is 20.7. The van der Waals surface area contributed by atoms with Crippen LogP contribution in [0.2, 0.25) is 0 Å². The van der Waals surface area contributed by atoms with E-state index in [4.69, 9.17) is 4.74 Å². The molecule has 0 N–H and O–H groups in total. The molecule has 5 heterocycles. The van der Waals surface area contributed by atoms with Crippen LogP contribution in [0.5, 0.6) is 0 Å². The maximum Gasteiger partial charge on any atom is 0.418 e. The third kappa shape index (κ3) is 5.76. The molecule has 0 radical (unpaired) electrons. The second-order valence-corrected chi connectivity index (χ2v) is 12.9. The van der Waals surface area contributed by atoms with Crippen LogP contribution in [0.4, 0.5) is 26.3 Å². The zero-order chi connectivity index (χ0) is 31.4. The van der Waals surface area contributed by atoms with Crippen LogP contribution in [0.15, 0.2) is 53.8 Å². The highest BCUT2D eigenvalue weighted by Gasteiger charge is 2.45. The van der Waals surface area contributed by atoms with E-state index < -0.39 is 45.4 Å². The molecule has 2 atom stereocenters. The van der Waals surface area contributed by atoms with E-state index in [0.29, 0.717) is 67.4 Å². The first kappa shape index (κ1) is 30.7. The molecule has 0 spiro atoms. The van der Waals surface area contributed by atoms with Crippen molar-refractivity contribution in [2.24, 2.45) is 13.0 Å². The van der Waals surface area contributed by atoms with Crippen molar-refractivity contribution in [1.82, 2.24) is 28.0 Å². The summed E-state index contributed by atoms with van der Waals surface area (Å²) in [4.78, 5) is 13.6. The van der Waals surface area contributed by atoms with E-state index in [2.05, 4.69) is 10.2 Å². The van der Waals surface area contributed by atoms with E-state index in [9.17, 15) is 31.1 Å². The first-order valence-corrected chi connectivity index (χ1v) is 14.9. The van der Waals surface area contributed by atoms with Crippen LogP contribution < -0.4 is 5.69 Å². The number of benzene rings is 1. The van der Waals surface area contributed by atoms with Crippen LogP contribution in [-0.4, -0.2) is 60.5 Å². The van der Waals surface area contributed by atoms with Crippen LogP contribution in [-0.2, 0) is 29.8 Å². The fourth-order valence-electron chi connectivity index (χ4n) is 5.94. The van der Waals surface area contributed by atoms with Gasteiger partial charge in [0.1, 0.15) is 17.4 Å². The molecule has 1 unspecified atom stereocenters. The highest BCUT2D eigenvalue weighted by atomic mass is 32.2. The van der Waals surface area contributed by atoms with Gasteiger partial charge in [-0.1, -0.05) is 31.0 Å². The molecule has 236 valence electrons. The van der Waals surface area contributed by atoms with E-state index in [-0.39, 0.29) is 11.6 Å². The maximum atomic E-state index is 14.4. The average molecular weight is 641 g/mol. The average Bonchev–Trinajstić information content (AvgIpc) is 3.49. The van der Waals surface area contributed by atoms with Gasteiger partial charge in [-0.3, -0.25) is 8.97 Å². The number of halogens is 6. The molecule has 2 fully saturated rings. The van der Waals surface area contributed by atoms with Gasteiger partial charge in [0.25, 0.3) is 0 Å². The molecule has 0 saturated carbocycles. The van der Waals surface area contributed by atoms with E-state index in [1.54, 1.807) is 33.4 Å². The quantitative estimate of drug-likeness (QED) is 0.190. The van der Waals surface area contributed by atoms with Gasteiger partial charge >= 0.3 is 18.0 Å². The largest absolute Gasteiger partial charge is 0.418 e. The number of hydrogen-bond donors (Lipinski definition) is 0. The lowest BCUT2D eigenvalue weighted by Crippen LogP contribution is -2.49. The normalized spacial score (nSPS) is 20.1. The van der Waals surface area contributed by atoms with Crippen molar-refractivity contribution in [3.63, 3.8) is 0 Å². The van der Waals surface area contributed by atoms with Crippen LogP contribution >= 0.6 is 11.9 Å². The summed E-state index contributed by atoms with van der Waals surface area (Å²) in [5, 5.41) is 5.79. The zero-order valence-electron chi connectivity index (χ0n) is 23.9. The molecule has 0 bridgehead atoms. The Hall–Kier alpha value is -3.30. The number of rotatable bonds is 7. The van der Waals surface area contributed by atoms with Gasteiger partial charge < -0.3 is 9.30 Å². The molecule has 0 amide bonds. The molecule has 8 nitrogen and oxygen atoms in total. The summed E-state index contributed by atoms with van der Waals surface area (Å²) in [6.45, 7) is 3.44. The summed E-state index contributed by atoms with van der Waals surface area (Å²) in [6.07, 6.45) is -4.32. The number of piperidine rings is 1. The first-order valence-electron chi connectivity index (χ1n) is 14.1. The molecule has 1 aromatic carbocycles. The Morgan fingerprint density at radius 3 is 2.52 bits per heavy atom. The van der Waals surface area contributed by atoms with Crippen molar-refractivity contribution in [3.05, 3.63) is 82.1 Å². The van der Waals surface area contributed by atoms with Crippen LogP contribution in [0.3, 0.4) is 0 Å². The van der Waals surface area contributed by atoms with E-state index in [1.807, 2.05) is 20.0 Å². The van der Waals surface area contributed by atoms with Gasteiger partial charge in [0.15, 0.2) is 0 Å². The van der Waals surface area contributed by atoms with E-state index in [0.717, 1.165) is 28.9 Å². The summed E-state index contributed by atoms with van der Waals surface area (Å²) >= 11 is 0.478. The molecular weight excluding hydrogens is 610 g/mol. The highest BCUT2D eigenvalue weighted by molar-refractivity contribution is 7.97. The molecule has 2 aliphatic rings. The predicted molar refractivity (Wildman–Crippen MR) is 152 cm³/mol. The van der Waals surface area contributed by atoms with Gasteiger partial charge in [0.2, 0.25) is 0 Å². The van der Waals surface area contributed by atoms with Crippen molar-refractivity contribution in [1.29, 1.82) is 0 Å². The number of alkyl halides is 6. The van der Waals surface area contributed by atoms with E-state index in [1.165, 1.54) is 0 Å². The predicted octanol–water partition coefficient (Wildman–Crippen LogP) is 5.73. The second kappa shape index (κ2) is 11.2. The number of pyridine rings is 1. The van der Waals surface area contributed by atoms with Gasteiger partial charge in [-0.25, -0.2) is 9.10 Å². The Kier molecular flexibility index (Phi) is 7.85. The fraction of sp³-hybridized carbons (Fsp3) is 0.483. The van der Waals surface area contributed by atoms with Gasteiger partial charge in [-0.2, -0.15) is 26.3 Å². The van der Waals surface area contributed by atoms with Gasteiger partial charge in [0, 0.05) is 44.4 Å². The fourth-order valence-corrected chi connectivity index (χ4v) is 7.18. The summed E-state index contributed by atoms with van der Waals surface area (Å²) < 4.78 is 96.7. The van der Waals surface area contributed by atoms with Crippen molar-refractivity contribution in [2.45, 2.75) is 49.2 Å². The summed E-state index contributed by atoms with van der Waals surface area (Å²) in [5.74, 6) is 0.876. The maximum absolute atomic E-state index is 14.4. The number of imidazole rings is 1. The lowest BCUT2D eigenvalue weighted by Gasteiger charge is -2.41. The van der Waals surface area contributed by atoms with Crippen molar-refractivity contribution in [3.8, 4) is 5.69 Å². The third-order valence-corrected chi connectivity index (χ3v) is 9.74. The number of ether oxygens (including phenoxy) is 1. The Morgan fingerprint density at radius 2 is 1.91 bits per heavy atom. The van der Waals surface area contributed by atoms with Gasteiger partial charge in [0.05, 0.1) is 30.0 Å². The van der Waals surface area contributed by atoms with E-state index >= 15 is 0 Å². The molecule has 0 aliphatic carbocycles. The Bertz CT molecular complexity index is 1720. The van der Waals surface area contributed by atoms with Crippen molar-refractivity contribution < 1.29 is 31.1 Å². The Labute approximate surface area is 252 Å². The number of nitrogens with zero attached hydrogens (tertiary/aromatic N) is 6. The minimum atomic E-state index is -5.01. The van der Waals surface area contributed by atoms with Crippen molar-refractivity contribution in [2.75, 3.05) is 26.3 Å². The standard InChI is InChI=1S/C29H30F6N6O2S/c1-18-5-4-8-39(12-18)44-25(29(33,34)35)19-9-22(28(30,31)32)23-14-40(26(42)41(23)13-19)21-7-3-6-20(10-21)27(15-43-16-27)11-24-37-36-17-38(24)2/h3,6-7,9-10,13-14,17-18,25H,4-5,8,11-12,15-16H2,1-2H3/t18-,25?/m0/s1. The molecule has 3 aromatic heterocycles. The van der Waals surface area contributed by atoms with Crippen LogP contribution in [0, 0.1) is 5.92 Å². The zero-order valence-corrected chi connectivity index (χ0v) is 24.7. The number of hydrogen-bond acceptors (Lipinski definition) is 6. The molecule has 2 saturated heterocycles.